The van der Waals surface area contributed by atoms with Crippen LogP contribution in [0.1, 0.15) is 272 Å². The van der Waals surface area contributed by atoms with Crippen molar-refractivity contribution in [3.63, 3.8) is 0 Å². The van der Waals surface area contributed by atoms with Crippen molar-refractivity contribution in [3.8, 4) is 0 Å². The number of hydrogen-bond donors (Lipinski definition) is 0. The van der Waals surface area contributed by atoms with E-state index in [4.69, 9.17) is 14.2 Å². The summed E-state index contributed by atoms with van der Waals surface area (Å²) in [5, 5.41) is 0. The highest BCUT2D eigenvalue weighted by molar-refractivity contribution is 5.71. The lowest BCUT2D eigenvalue weighted by Gasteiger charge is -2.18. The lowest BCUT2D eigenvalue weighted by atomic mass is 9.99. The molecule has 0 heterocycles. The number of esters is 3. The first kappa shape index (κ1) is 54.4. The van der Waals surface area contributed by atoms with E-state index < -0.39 is 6.10 Å². The molecule has 0 amide bonds. The average Bonchev–Trinajstić information content (AvgIpc) is 3.18. The van der Waals surface area contributed by atoms with Crippen molar-refractivity contribution in [1.82, 2.24) is 0 Å². The smallest absolute Gasteiger partial charge is 0.306 e. The zero-order valence-corrected chi connectivity index (χ0v) is 38.3. The highest BCUT2D eigenvalue weighted by Crippen LogP contribution is 2.17. The van der Waals surface area contributed by atoms with Crippen LogP contribution in [0.3, 0.4) is 0 Å². The quantitative estimate of drug-likeness (QED) is 0.0347. The number of unbranched alkanes of at least 4 members (excludes halogenated alkanes) is 28. The lowest BCUT2D eigenvalue weighted by Crippen LogP contribution is -2.30. The van der Waals surface area contributed by atoms with Gasteiger partial charge < -0.3 is 14.2 Å². The number of carbonyl (C=O) groups excluding carboxylic acids is 3. The molecule has 0 aliphatic carbocycles. The molecule has 0 saturated heterocycles. The first-order chi connectivity index (χ1) is 27.3. The number of ether oxygens (including phenoxy) is 3. The Morgan fingerprint density at radius 2 is 0.679 bits per heavy atom. The van der Waals surface area contributed by atoms with Gasteiger partial charge in [0.2, 0.25) is 0 Å². The minimum Gasteiger partial charge on any atom is -0.462 e. The van der Waals surface area contributed by atoms with E-state index in [0.717, 1.165) is 69.6 Å². The SMILES string of the molecule is CCCCCCCCCCCCC(=O)O[C@@H](COC(=O)CCCCCCCCCCCCCCCC(C)C)COC(=O)CCCCCCCCCCC(C)CC. The Balaban J connectivity index is 4.28. The van der Waals surface area contributed by atoms with E-state index in [0.29, 0.717) is 19.3 Å². The van der Waals surface area contributed by atoms with Crippen LogP contribution in [0.5, 0.6) is 0 Å². The molecule has 0 aromatic carbocycles. The fourth-order valence-electron chi connectivity index (χ4n) is 7.43. The van der Waals surface area contributed by atoms with Crippen LogP contribution in [0, 0.1) is 11.8 Å². The molecule has 332 valence electrons. The van der Waals surface area contributed by atoms with Crippen molar-refractivity contribution in [2.45, 2.75) is 278 Å². The molecule has 0 rings (SSSR count). The summed E-state index contributed by atoms with van der Waals surface area (Å²) in [7, 11) is 0. The second kappa shape index (κ2) is 43.0. The van der Waals surface area contributed by atoms with Gasteiger partial charge in [-0.15, -0.1) is 0 Å². The van der Waals surface area contributed by atoms with E-state index in [1.54, 1.807) is 0 Å². The predicted molar refractivity (Wildman–Crippen MR) is 238 cm³/mol. The molecule has 0 aromatic heterocycles. The second-order valence-electron chi connectivity index (χ2n) is 17.8. The third kappa shape index (κ3) is 42.0. The summed E-state index contributed by atoms with van der Waals surface area (Å²) >= 11 is 0. The monoisotopic (exact) mass is 793 g/mol. The fraction of sp³-hybridized carbons (Fsp3) is 0.940. The zero-order valence-electron chi connectivity index (χ0n) is 38.3. The van der Waals surface area contributed by atoms with Gasteiger partial charge in [-0.2, -0.15) is 0 Å². The number of carbonyl (C=O) groups is 3. The molecular weight excluding hydrogens is 697 g/mol. The molecule has 1 unspecified atom stereocenters. The molecule has 0 aliphatic rings. The van der Waals surface area contributed by atoms with Crippen molar-refractivity contribution >= 4 is 17.9 Å². The van der Waals surface area contributed by atoms with E-state index in [9.17, 15) is 14.4 Å². The van der Waals surface area contributed by atoms with E-state index in [-0.39, 0.29) is 31.1 Å². The molecule has 6 heteroatoms. The third-order valence-corrected chi connectivity index (χ3v) is 11.6. The van der Waals surface area contributed by atoms with Crippen LogP contribution in [-0.2, 0) is 28.6 Å². The summed E-state index contributed by atoms with van der Waals surface area (Å²) in [4.78, 5) is 37.8. The average molecular weight is 793 g/mol. The van der Waals surface area contributed by atoms with Crippen LogP contribution in [0.2, 0.25) is 0 Å². The van der Waals surface area contributed by atoms with E-state index in [1.807, 2.05) is 0 Å². The molecule has 2 atom stereocenters. The highest BCUT2D eigenvalue weighted by Gasteiger charge is 2.19. The summed E-state index contributed by atoms with van der Waals surface area (Å²) in [5.74, 6) is 0.834. The molecule has 0 aromatic rings. The maximum Gasteiger partial charge on any atom is 0.306 e. The van der Waals surface area contributed by atoms with Crippen LogP contribution in [0.4, 0.5) is 0 Å². The standard InChI is InChI=1S/C50H96O6/c1-6-8-9-10-11-12-19-27-32-37-42-50(53)56-47(44-55-49(52)41-36-31-26-22-21-24-29-34-39-46(5)7-2)43-54-48(51)40-35-30-25-20-17-15-13-14-16-18-23-28-33-38-45(3)4/h45-47H,6-44H2,1-5H3/t46?,47-/m0/s1. The van der Waals surface area contributed by atoms with Crippen LogP contribution >= 0.6 is 0 Å². The predicted octanol–water partition coefficient (Wildman–Crippen LogP) is 15.8. The molecule has 0 spiro atoms. The Morgan fingerprint density at radius 1 is 0.375 bits per heavy atom. The zero-order chi connectivity index (χ0) is 41.2. The largest absolute Gasteiger partial charge is 0.462 e. The van der Waals surface area contributed by atoms with Gasteiger partial charge in [0.15, 0.2) is 6.10 Å². The van der Waals surface area contributed by atoms with E-state index in [2.05, 4.69) is 34.6 Å². The van der Waals surface area contributed by atoms with Crippen molar-refractivity contribution in [2.24, 2.45) is 11.8 Å². The summed E-state index contributed by atoms with van der Waals surface area (Å²) in [6.07, 6.45) is 42.2. The Labute approximate surface area is 348 Å². The Kier molecular flexibility index (Phi) is 41.8. The maximum absolute atomic E-state index is 12.7. The minimum absolute atomic E-state index is 0.0643. The molecule has 56 heavy (non-hydrogen) atoms. The van der Waals surface area contributed by atoms with Crippen molar-refractivity contribution in [1.29, 1.82) is 0 Å². The molecule has 0 saturated carbocycles. The maximum atomic E-state index is 12.7. The van der Waals surface area contributed by atoms with Gasteiger partial charge in [-0.25, -0.2) is 0 Å². The number of rotatable bonds is 44. The van der Waals surface area contributed by atoms with Crippen molar-refractivity contribution < 1.29 is 28.6 Å². The van der Waals surface area contributed by atoms with Crippen molar-refractivity contribution in [3.05, 3.63) is 0 Å². The normalized spacial score (nSPS) is 12.5. The van der Waals surface area contributed by atoms with Gasteiger partial charge in [-0.3, -0.25) is 14.4 Å². The molecule has 0 aliphatic heterocycles. The van der Waals surface area contributed by atoms with Crippen LogP contribution < -0.4 is 0 Å². The van der Waals surface area contributed by atoms with Gasteiger partial charge in [0.05, 0.1) is 0 Å². The summed E-state index contributed by atoms with van der Waals surface area (Å²) in [6, 6.07) is 0. The van der Waals surface area contributed by atoms with Crippen LogP contribution in [-0.4, -0.2) is 37.2 Å². The Hall–Kier alpha value is -1.59. The van der Waals surface area contributed by atoms with Gasteiger partial charge in [0.1, 0.15) is 13.2 Å². The summed E-state index contributed by atoms with van der Waals surface area (Å²) in [6.45, 7) is 11.4. The highest BCUT2D eigenvalue weighted by atomic mass is 16.6. The first-order valence-corrected chi connectivity index (χ1v) is 24.8. The topological polar surface area (TPSA) is 78.9 Å². The molecule has 6 nitrogen and oxygen atoms in total. The van der Waals surface area contributed by atoms with Gasteiger partial charge >= 0.3 is 17.9 Å². The third-order valence-electron chi connectivity index (χ3n) is 11.6. The fourth-order valence-corrected chi connectivity index (χ4v) is 7.43. The second-order valence-corrected chi connectivity index (χ2v) is 17.8. The van der Waals surface area contributed by atoms with E-state index >= 15 is 0 Å². The first-order valence-electron chi connectivity index (χ1n) is 24.8. The minimum atomic E-state index is -0.760. The van der Waals surface area contributed by atoms with Gasteiger partial charge in [0, 0.05) is 19.3 Å². The Morgan fingerprint density at radius 3 is 1.02 bits per heavy atom. The van der Waals surface area contributed by atoms with Crippen molar-refractivity contribution in [2.75, 3.05) is 13.2 Å². The van der Waals surface area contributed by atoms with Gasteiger partial charge in [-0.1, -0.05) is 234 Å². The molecule has 0 N–H and O–H groups in total. The summed E-state index contributed by atoms with van der Waals surface area (Å²) < 4.78 is 16.8. The Bertz CT molecular complexity index is 856. The molecular formula is C50H96O6. The van der Waals surface area contributed by atoms with Crippen LogP contribution in [0.25, 0.3) is 0 Å². The molecule has 0 bridgehead atoms. The van der Waals surface area contributed by atoms with E-state index in [1.165, 1.54) is 161 Å². The molecule has 0 radical (unpaired) electrons. The van der Waals surface area contributed by atoms with Gasteiger partial charge in [-0.05, 0) is 31.1 Å². The lowest BCUT2D eigenvalue weighted by molar-refractivity contribution is -0.167. The molecule has 0 fully saturated rings. The summed E-state index contributed by atoms with van der Waals surface area (Å²) in [5.41, 5.74) is 0. The number of hydrogen-bond acceptors (Lipinski definition) is 6. The van der Waals surface area contributed by atoms with Crippen LogP contribution in [0.15, 0.2) is 0 Å². The van der Waals surface area contributed by atoms with Gasteiger partial charge in [0.25, 0.3) is 0 Å².